The molecule has 0 unspecified atom stereocenters. The largest absolute Gasteiger partial charge is 0.0991 e. The van der Waals surface area contributed by atoms with Crippen LogP contribution in [0.4, 0.5) is 0 Å². The topological polar surface area (TPSA) is 0 Å². The molecule has 0 saturated heterocycles. The van der Waals surface area contributed by atoms with Crippen molar-refractivity contribution in [2.75, 3.05) is 0 Å². The molecule has 0 nitrogen and oxygen atoms in total. The van der Waals surface area contributed by atoms with Crippen LogP contribution >= 0.6 is 0 Å². The molecule has 0 aromatic carbocycles. The molecule has 0 aliphatic carbocycles. The average Bonchev–Trinajstić information content (AvgIpc) is 2.03. The van der Waals surface area contributed by atoms with Crippen molar-refractivity contribution >= 4 is 0 Å². The highest BCUT2D eigenvalue weighted by atomic mass is 13.8. The van der Waals surface area contributed by atoms with Crippen LogP contribution in [0.5, 0.6) is 0 Å². The van der Waals surface area contributed by atoms with Crippen LogP contribution in [-0.2, 0) is 0 Å². The molecule has 0 aliphatic rings. The third-order valence-electron chi connectivity index (χ3n) is 1.44. The normalized spacial score (nSPS) is 11.4. The first kappa shape index (κ1) is 10.2. The third kappa shape index (κ3) is 9.22. The van der Waals surface area contributed by atoms with Crippen molar-refractivity contribution in [3.05, 3.63) is 37.0 Å². The first-order valence-electron chi connectivity index (χ1n) is 4.34. The molecule has 0 atom stereocenters. The van der Waals surface area contributed by atoms with E-state index in [9.17, 15) is 0 Å². The maximum Gasteiger partial charge on any atom is -0.0166 e. The summed E-state index contributed by atoms with van der Waals surface area (Å²) in [5.74, 6) is 0. The first-order chi connectivity index (χ1) is 5.41. The van der Waals surface area contributed by atoms with Gasteiger partial charge in [-0.15, -0.1) is 0 Å². The Morgan fingerprint density at radius 1 is 1.18 bits per heavy atom. The number of hydrogen-bond donors (Lipinski definition) is 0. The standard InChI is InChI=1S/C11H18/c1-3-5-7-9-11-10-8-6-4-2/h3,5,7,10-11H,1,4,6,8-9H2,2H3/b7-5-,11-10-. The van der Waals surface area contributed by atoms with E-state index in [-0.39, 0.29) is 0 Å². The second-order valence-corrected chi connectivity index (χ2v) is 2.51. The van der Waals surface area contributed by atoms with E-state index in [4.69, 9.17) is 0 Å². The van der Waals surface area contributed by atoms with Crippen molar-refractivity contribution in [2.45, 2.75) is 32.6 Å². The molecule has 0 aliphatic heterocycles. The molecule has 0 aromatic rings. The summed E-state index contributed by atoms with van der Waals surface area (Å²) in [5.41, 5.74) is 0. The van der Waals surface area contributed by atoms with Gasteiger partial charge in [0.2, 0.25) is 0 Å². The summed E-state index contributed by atoms with van der Waals surface area (Å²) in [6.45, 7) is 5.81. The highest BCUT2D eigenvalue weighted by molar-refractivity contribution is 5.00. The predicted octanol–water partition coefficient (Wildman–Crippen LogP) is 3.87. The van der Waals surface area contributed by atoms with Crippen molar-refractivity contribution in [3.63, 3.8) is 0 Å². The quantitative estimate of drug-likeness (QED) is 0.306. The van der Waals surface area contributed by atoms with E-state index < -0.39 is 0 Å². The molecular formula is C11H18. The van der Waals surface area contributed by atoms with E-state index in [2.05, 4.69) is 31.7 Å². The van der Waals surface area contributed by atoms with Crippen LogP contribution in [0.15, 0.2) is 37.0 Å². The second kappa shape index (κ2) is 9.22. The molecule has 0 heterocycles. The summed E-state index contributed by atoms with van der Waals surface area (Å²) in [6, 6.07) is 0. The summed E-state index contributed by atoms with van der Waals surface area (Å²) in [4.78, 5) is 0. The van der Waals surface area contributed by atoms with Crippen LogP contribution in [0.3, 0.4) is 0 Å². The Morgan fingerprint density at radius 3 is 2.64 bits per heavy atom. The van der Waals surface area contributed by atoms with Crippen molar-refractivity contribution < 1.29 is 0 Å². The van der Waals surface area contributed by atoms with Crippen LogP contribution < -0.4 is 0 Å². The molecule has 0 amide bonds. The highest BCUT2D eigenvalue weighted by Crippen LogP contribution is 1.96. The minimum Gasteiger partial charge on any atom is -0.0991 e. The SMILES string of the molecule is C=C/C=C\C/C=C\CCCC. The van der Waals surface area contributed by atoms with E-state index in [0.29, 0.717) is 0 Å². The fraction of sp³-hybridized carbons (Fsp3) is 0.455. The number of rotatable bonds is 6. The van der Waals surface area contributed by atoms with E-state index in [1.807, 2.05) is 6.08 Å². The molecule has 0 rings (SSSR count). The minimum absolute atomic E-state index is 1.04. The van der Waals surface area contributed by atoms with Gasteiger partial charge < -0.3 is 0 Å². The summed E-state index contributed by atoms with van der Waals surface area (Å²) in [5, 5.41) is 0. The van der Waals surface area contributed by atoms with Gasteiger partial charge in [0.15, 0.2) is 0 Å². The first-order valence-corrected chi connectivity index (χ1v) is 4.34. The molecule has 0 heteroatoms. The van der Waals surface area contributed by atoms with E-state index in [1.54, 1.807) is 6.08 Å². The van der Waals surface area contributed by atoms with Gasteiger partial charge in [0.05, 0.1) is 0 Å². The minimum atomic E-state index is 1.04. The van der Waals surface area contributed by atoms with Gasteiger partial charge in [0, 0.05) is 0 Å². The Morgan fingerprint density at radius 2 is 2.00 bits per heavy atom. The molecule has 0 N–H and O–H groups in total. The summed E-state index contributed by atoms with van der Waals surface area (Å²) in [6.07, 6.45) is 15.2. The Labute approximate surface area is 70.3 Å². The molecule has 0 radical (unpaired) electrons. The van der Waals surface area contributed by atoms with Crippen LogP contribution in [0.25, 0.3) is 0 Å². The smallest absolute Gasteiger partial charge is 0.0166 e. The van der Waals surface area contributed by atoms with Gasteiger partial charge in [-0.3, -0.25) is 0 Å². The molecule has 11 heavy (non-hydrogen) atoms. The maximum atomic E-state index is 3.60. The number of unbranched alkanes of at least 4 members (excludes halogenated alkanes) is 2. The zero-order valence-electron chi connectivity index (χ0n) is 7.42. The van der Waals surface area contributed by atoms with Crippen LogP contribution in [0.1, 0.15) is 32.6 Å². The zero-order valence-corrected chi connectivity index (χ0v) is 7.42. The summed E-state index contributed by atoms with van der Waals surface area (Å²) >= 11 is 0. The lowest BCUT2D eigenvalue weighted by atomic mass is 10.2. The second-order valence-electron chi connectivity index (χ2n) is 2.51. The van der Waals surface area contributed by atoms with Crippen LogP contribution in [0, 0.1) is 0 Å². The monoisotopic (exact) mass is 150 g/mol. The van der Waals surface area contributed by atoms with Crippen LogP contribution in [0.2, 0.25) is 0 Å². The fourth-order valence-corrected chi connectivity index (χ4v) is 0.789. The molecule has 0 bridgehead atoms. The van der Waals surface area contributed by atoms with Crippen molar-refractivity contribution in [1.29, 1.82) is 0 Å². The zero-order chi connectivity index (χ0) is 8.36. The van der Waals surface area contributed by atoms with Gasteiger partial charge in [-0.2, -0.15) is 0 Å². The summed E-state index contributed by atoms with van der Waals surface area (Å²) in [7, 11) is 0. The lowest BCUT2D eigenvalue weighted by Crippen LogP contribution is -1.66. The molecule has 0 fully saturated rings. The van der Waals surface area contributed by atoms with Gasteiger partial charge in [-0.05, 0) is 12.8 Å². The van der Waals surface area contributed by atoms with E-state index in [0.717, 1.165) is 6.42 Å². The molecule has 0 spiro atoms. The van der Waals surface area contributed by atoms with Gasteiger partial charge in [0.1, 0.15) is 0 Å². The Hall–Kier alpha value is -0.780. The van der Waals surface area contributed by atoms with Gasteiger partial charge in [-0.25, -0.2) is 0 Å². The highest BCUT2D eigenvalue weighted by Gasteiger charge is 1.75. The molecule has 0 aromatic heterocycles. The lowest BCUT2D eigenvalue weighted by Gasteiger charge is -1.86. The third-order valence-corrected chi connectivity index (χ3v) is 1.44. The van der Waals surface area contributed by atoms with Gasteiger partial charge in [-0.1, -0.05) is 56.7 Å². The fourth-order valence-electron chi connectivity index (χ4n) is 0.789. The average molecular weight is 150 g/mol. The van der Waals surface area contributed by atoms with E-state index >= 15 is 0 Å². The van der Waals surface area contributed by atoms with Crippen molar-refractivity contribution in [2.24, 2.45) is 0 Å². The molecule has 0 saturated carbocycles. The summed E-state index contributed by atoms with van der Waals surface area (Å²) < 4.78 is 0. The van der Waals surface area contributed by atoms with Crippen molar-refractivity contribution in [3.8, 4) is 0 Å². The maximum absolute atomic E-state index is 3.60. The van der Waals surface area contributed by atoms with Crippen LogP contribution in [-0.4, -0.2) is 0 Å². The van der Waals surface area contributed by atoms with Gasteiger partial charge in [0.25, 0.3) is 0 Å². The van der Waals surface area contributed by atoms with E-state index in [1.165, 1.54) is 19.3 Å². The number of allylic oxidation sites excluding steroid dienone is 5. The Bertz CT molecular complexity index is 129. The molecule has 62 valence electrons. The van der Waals surface area contributed by atoms with Crippen molar-refractivity contribution in [1.82, 2.24) is 0 Å². The molecular weight excluding hydrogens is 132 g/mol. The predicted molar refractivity (Wildman–Crippen MR) is 52.6 cm³/mol. The Balaban J connectivity index is 3.15. The number of hydrogen-bond acceptors (Lipinski definition) is 0. The van der Waals surface area contributed by atoms with Gasteiger partial charge >= 0.3 is 0 Å². The Kier molecular flexibility index (Phi) is 8.57. The lowest BCUT2D eigenvalue weighted by molar-refractivity contribution is 0.813.